The zero-order valence-electron chi connectivity index (χ0n) is 20.5. The Labute approximate surface area is 200 Å². The minimum absolute atomic E-state index is 0.0780. The van der Waals surface area contributed by atoms with Gasteiger partial charge in [-0.15, -0.1) is 0 Å². The van der Waals surface area contributed by atoms with Crippen molar-refractivity contribution >= 4 is 5.97 Å². The van der Waals surface area contributed by atoms with Crippen LogP contribution in [0.1, 0.15) is 89.9 Å². The molecule has 1 unspecified atom stereocenters. The molecule has 0 radical (unpaired) electrons. The predicted octanol–water partition coefficient (Wildman–Crippen LogP) is 3.47. The smallest absolute Gasteiger partial charge is 0.305 e. The minimum Gasteiger partial charge on any atom is -0.481 e. The van der Waals surface area contributed by atoms with E-state index in [1.54, 1.807) is 0 Å². The first-order valence-electron chi connectivity index (χ1n) is 13.0. The van der Waals surface area contributed by atoms with E-state index in [4.69, 9.17) is 35.3 Å². The van der Waals surface area contributed by atoms with Gasteiger partial charge < -0.3 is 35.3 Å². The highest BCUT2D eigenvalue weighted by Gasteiger charge is 2.20. The average molecular weight is 476 g/mol. The van der Waals surface area contributed by atoms with Crippen molar-refractivity contribution in [2.24, 2.45) is 17.6 Å². The summed E-state index contributed by atoms with van der Waals surface area (Å²) < 4.78 is 16.4. The summed E-state index contributed by atoms with van der Waals surface area (Å²) in [4.78, 5) is 10.5. The van der Waals surface area contributed by atoms with Gasteiger partial charge in [0.15, 0.2) is 6.29 Å². The van der Waals surface area contributed by atoms with Crippen molar-refractivity contribution < 1.29 is 34.3 Å². The molecule has 1 rings (SSSR count). The third-order valence-electron chi connectivity index (χ3n) is 6.55. The quantitative estimate of drug-likeness (QED) is 0.138. The summed E-state index contributed by atoms with van der Waals surface area (Å²) >= 11 is 0. The summed E-state index contributed by atoms with van der Waals surface area (Å²) in [7, 11) is 0. The van der Waals surface area contributed by atoms with E-state index in [0.717, 1.165) is 31.8 Å². The number of unbranched alkanes of at least 4 members (excludes halogenated alkanes) is 3. The summed E-state index contributed by atoms with van der Waals surface area (Å²) in [5.41, 5.74) is 6.05. The minimum atomic E-state index is -1.31. The lowest BCUT2D eigenvalue weighted by atomic mass is 9.81. The molecule has 1 atom stereocenters. The van der Waals surface area contributed by atoms with Crippen LogP contribution in [0.4, 0.5) is 0 Å². The highest BCUT2D eigenvalue weighted by molar-refractivity contribution is 5.66. The van der Waals surface area contributed by atoms with Gasteiger partial charge in [0.05, 0.1) is 32.8 Å². The molecular weight excluding hydrogens is 426 g/mol. The molecule has 1 saturated carbocycles. The molecule has 0 heterocycles. The number of aliphatic hydroxyl groups is 2. The summed E-state index contributed by atoms with van der Waals surface area (Å²) in [6, 6.07) is 0.404. The van der Waals surface area contributed by atoms with E-state index in [0.29, 0.717) is 45.0 Å². The Hall–Kier alpha value is -0.770. The molecule has 0 aliphatic heterocycles. The van der Waals surface area contributed by atoms with Gasteiger partial charge in [0.2, 0.25) is 0 Å². The van der Waals surface area contributed by atoms with Crippen LogP contribution in [0.25, 0.3) is 0 Å². The lowest BCUT2D eigenvalue weighted by molar-refractivity contribution is -0.138. The fourth-order valence-corrected chi connectivity index (χ4v) is 4.39. The summed E-state index contributed by atoms with van der Waals surface area (Å²) in [5.74, 6) is 0.694. The molecule has 8 heteroatoms. The largest absolute Gasteiger partial charge is 0.481 e. The van der Waals surface area contributed by atoms with E-state index < -0.39 is 12.3 Å². The molecule has 0 aromatic heterocycles. The van der Waals surface area contributed by atoms with Crippen LogP contribution in [0.3, 0.4) is 0 Å². The maximum absolute atomic E-state index is 10.5. The number of aliphatic hydroxyl groups excluding tert-OH is 1. The van der Waals surface area contributed by atoms with Crippen LogP contribution in [0.15, 0.2) is 0 Å². The van der Waals surface area contributed by atoms with Crippen LogP contribution in [-0.4, -0.2) is 73.3 Å². The number of carboxylic acids is 1. The van der Waals surface area contributed by atoms with E-state index in [9.17, 15) is 4.79 Å². The van der Waals surface area contributed by atoms with E-state index in [1.165, 1.54) is 57.8 Å². The van der Waals surface area contributed by atoms with Crippen LogP contribution >= 0.6 is 0 Å². The molecule has 0 amide bonds. The van der Waals surface area contributed by atoms with E-state index in [1.807, 2.05) is 0 Å². The molecule has 196 valence electrons. The molecule has 0 saturated heterocycles. The van der Waals surface area contributed by atoms with Gasteiger partial charge in [-0.3, -0.25) is 4.79 Å². The number of carbonyl (C=O) groups is 1. The van der Waals surface area contributed by atoms with Crippen molar-refractivity contribution in [3.8, 4) is 0 Å². The van der Waals surface area contributed by atoms with Crippen molar-refractivity contribution in [1.29, 1.82) is 0 Å². The zero-order valence-corrected chi connectivity index (χ0v) is 20.5. The highest BCUT2D eigenvalue weighted by Crippen LogP contribution is 2.30. The standard InChI is InChI=1S/C25H49NO7/c26-23-10-8-22(9-11-23)7-6-21(12-16-32-19-20-33-18-14-25(29)30)5-3-1-2-4-15-31-17-13-24(27)28/h21-23,25,29-30H,1-20,26H2,(H,27,28). The number of rotatable bonds is 22. The molecule has 5 N–H and O–H groups in total. The van der Waals surface area contributed by atoms with Gasteiger partial charge in [-0.05, 0) is 50.4 Å². The molecular formula is C25H49NO7. The van der Waals surface area contributed by atoms with Crippen LogP contribution in [0.2, 0.25) is 0 Å². The Balaban J connectivity index is 2.15. The van der Waals surface area contributed by atoms with Crippen LogP contribution in [0.5, 0.6) is 0 Å². The second-order valence-corrected chi connectivity index (χ2v) is 9.47. The lowest BCUT2D eigenvalue weighted by Gasteiger charge is -2.27. The van der Waals surface area contributed by atoms with Crippen LogP contribution < -0.4 is 5.73 Å². The number of hydrogen-bond acceptors (Lipinski definition) is 7. The Morgan fingerprint density at radius 3 is 2.06 bits per heavy atom. The van der Waals surface area contributed by atoms with Gasteiger partial charge in [0, 0.05) is 25.7 Å². The van der Waals surface area contributed by atoms with Crippen molar-refractivity contribution in [2.45, 2.75) is 102 Å². The maximum Gasteiger partial charge on any atom is 0.305 e. The highest BCUT2D eigenvalue weighted by atomic mass is 16.5. The molecule has 0 aromatic carbocycles. The third-order valence-corrected chi connectivity index (χ3v) is 6.55. The van der Waals surface area contributed by atoms with Crippen LogP contribution in [0, 0.1) is 11.8 Å². The van der Waals surface area contributed by atoms with Crippen molar-refractivity contribution in [1.82, 2.24) is 0 Å². The van der Waals surface area contributed by atoms with E-state index in [-0.39, 0.29) is 12.8 Å². The number of carboxylic acid groups (broad SMARTS) is 1. The Kier molecular flexibility index (Phi) is 18.9. The molecule has 1 aliphatic rings. The first-order chi connectivity index (χ1) is 16.0. The predicted molar refractivity (Wildman–Crippen MR) is 128 cm³/mol. The second kappa shape index (κ2) is 20.6. The van der Waals surface area contributed by atoms with E-state index >= 15 is 0 Å². The molecule has 8 nitrogen and oxygen atoms in total. The number of aliphatic carboxylic acids is 1. The van der Waals surface area contributed by atoms with Gasteiger partial charge >= 0.3 is 5.97 Å². The molecule has 0 spiro atoms. The van der Waals surface area contributed by atoms with Crippen molar-refractivity contribution in [3.05, 3.63) is 0 Å². The number of hydrogen-bond donors (Lipinski definition) is 4. The third kappa shape index (κ3) is 19.3. The second-order valence-electron chi connectivity index (χ2n) is 9.47. The van der Waals surface area contributed by atoms with Crippen molar-refractivity contribution in [3.63, 3.8) is 0 Å². The Morgan fingerprint density at radius 2 is 1.39 bits per heavy atom. The lowest BCUT2D eigenvalue weighted by Crippen LogP contribution is -2.26. The van der Waals surface area contributed by atoms with Gasteiger partial charge in [-0.25, -0.2) is 0 Å². The SMILES string of the molecule is NC1CCC(CCC(CCCCCCOCCC(=O)O)CCOCCOCCC(O)O)CC1. The molecule has 0 aromatic rings. The summed E-state index contributed by atoms with van der Waals surface area (Å²) in [6.07, 6.45) is 13.2. The monoisotopic (exact) mass is 475 g/mol. The summed E-state index contributed by atoms with van der Waals surface area (Å²) in [5, 5.41) is 26.2. The van der Waals surface area contributed by atoms with Gasteiger partial charge in [0.25, 0.3) is 0 Å². The normalized spacial score (nSPS) is 19.8. The molecule has 1 fully saturated rings. The summed E-state index contributed by atoms with van der Waals surface area (Å²) in [6.45, 7) is 3.04. The fraction of sp³-hybridized carbons (Fsp3) is 0.960. The molecule has 1 aliphatic carbocycles. The van der Waals surface area contributed by atoms with Crippen molar-refractivity contribution in [2.75, 3.05) is 39.6 Å². The topological polar surface area (TPSA) is 131 Å². The Bertz CT molecular complexity index is 456. The first kappa shape index (κ1) is 30.3. The zero-order chi connectivity index (χ0) is 24.2. The van der Waals surface area contributed by atoms with Gasteiger partial charge in [-0.1, -0.05) is 38.5 Å². The number of nitrogens with two attached hydrogens (primary N) is 1. The number of ether oxygens (including phenoxy) is 3. The molecule has 33 heavy (non-hydrogen) atoms. The first-order valence-corrected chi connectivity index (χ1v) is 13.0. The average Bonchev–Trinajstić information content (AvgIpc) is 2.78. The van der Waals surface area contributed by atoms with Crippen LogP contribution in [-0.2, 0) is 19.0 Å². The van der Waals surface area contributed by atoms with Gasteiger partial charge in [0.1, 0.15) is 0 Å². The van der Waals surface area contributed by atoms with E-state index in [2.05, 4.69) is 0 Å². The fourth-order valence-electron chi connectivity index (χ4n) is 4.39. The maximum atomic E-state index is 10.5. The van der Waals surface area contributed by atoms with Gasteiger partial charge in [-0.2, -0.15) is 0 Å². The Morgan fingerprint density at radius 1 is 0.758 bits per heavy atom. The molecule has 0 bridgehead atoms.